The third-order valence-electron chi connectivity index (χ3n) is 3.36. The molecule has 0 radical (unpaired) electrons. The lowest BCUT2D eigenvalue weighted by Crippen LogP contribution is -2.45. The number of nitrogens with one attached hydrogen (secondary N) is 1. The van der Waals surface area contributed by atoms with Crippen molar-refractivity contribution >= 4 is 62.1 Å². The quantitative estimate of drug-likeness (QED) is 0.776. The van der Waals surface area contributed by atoms with E-state index in [1.165, 1.54) is 25.1 Å². The molecule has 0 heterocycles. The van der Waals surface area contributed by atoms with Gasteiger partial charge in [-0.15, -0.1) is 0 Å². The monoisotopic (exact) mass is 420 g/mol. The van der Waals surface area contributed by atoms with E-state index < -0.39 is 22.0 Å². The van der Waals surface area contributed by atoms with E-state index in [9.17, 15) is 13.2 Å². The van der Waals surface area contributed by atoms with Crippen LogP contribution in [0.25, 0.3) is 0 Å². The summed E-state index contributed by atoms with van der Waals surface area (Å²) in [5.74, 6) is -0.501. The van der Waals surface area contributed by atoms with Crippen molar-refractivity contribution in [2.75, 3.05) is 15.9 Å². The summed E-state index contributed by atoms with van der Waals surface area (Å²) in [7, 11) is -3.74. The van der Waals surface area contributed by atoms with E-state index in [0.717, 1.165) is 10.6 Å². The fraction of sp³-hybridized carbons (Fsp3) is 0.188. The molecule has 1 unspecified atom stereocenters. The second-order valence-corrected chi connectivity index (χ2v) is 8.44. The van der Waals surface area contributed by atoms with Crippen LogP contribution < -0.4 is 9.62 Å². The highest BCUT2D eigenvalue weighted by Crippen LogP contribution is 2.30. The summed E-state index contributed by atoms with van der Waals surface area (Å²) in [4.78, 5) is 12.5. The smallest absolute Gasteiger partial charge is 0.247 e. The first-order valence-electron chi connectivity index (χ1n) is 7.10. The molecule has 2 aromatic rings. The number of hydrogen-bond acceptors (Lipinski definition) is 3. The average molecular weight is 422 g/mol. The van der Waals surface area contributed by atoms with Crippen molar-refractivity contribution in [3.05, 3.63) is 57.5 Å². The minimum atomic E-state index is -3.74. The molecule has 0 fully saturated rings. The Bertz CT molecular complexity index is 886. The number of carbonyl (C=O) groups excluding carboxylic acids is 1. The molecule has 9 heteroatoms. The third-order valence-corrected chi connectivity index (χ3v) is 5.59. The number of sulfonamides is 1. The lowest BCUT2D eigenvalue weighted by atomic mass is 10.2. The second kappa shape index (κ2) is 7.83. The van der Waals surface area contributed by atoms with E-state index in [-0.39, 0.29) is 15.7 Å². The molecule has 2 rings (SSSR count). The van der Waals surface area contributed by atoms with Crippen LogP contribution in [0.15, 0.2) is 42.5 Å². The van der Waals surface area contributed by atoms with Crippen LogP contribution in [0.5, 0.6) is 0 Å². The van der Waals surface area contributed by atoms with E-state index in [1.54, 1.807) is 24.3 Å². The average Bonchev–Trinajstić information content (AvgIpc) is 2.51. The molecule has 0 saturated heterocycles. The van der Waals surface area contributed by atoms with Crippen molar-refractivity contribution in [2.45, 2.75) is 13.0 Å². The van der Waals surface area contributed by atoms with Crippen LogP contribution >= 0.6 is 34.8 Å². The lowest BCUT2D eigenvalue weighted by Gasteiger charge is -2.28. The van der Waals surface area contributed by atoms with Gasteiger partial charge >= 0.3 is 0 Å². The molecule has 0 saturated carbocycles. The van der Waals surface area contributed by atoms with Crippen LogP contribution in [0.3, 0.4) is 0 Å². The van der Waals surface area contributed by atoms with Crippen molar-refractivity contribution in [2.24, 2.45) is 0 Å². The topological polar surface area (TPSA) is 66.5 Å². The number of benzene rings is 2. The largest absolute Gasteiger partial charge is 0.324 e. The van der Waals surface area contributed by atoms with Gasteiger partial charge in [-0.1, -0.05) is 34.8 Å². The van der Waals surface area contributed by atoms with Crippen molar-refractivity contribution in [3.8, 4) is 0 Å². The zero-order chi connectivity index (χ0) is 18.8. The number of nitrogens with zero attached hydrogens (tertiary/aromatic N) is 1. The highest BCUT2D eigenvalue weighted by molar-refractivity contribution is 7.92. The Kier molecular flexibility index (Phi) is 6.21. The molecule has 1 amide bonds. The van der Waals surface area contributed by atoms with Gasteiger partial charge in [-0.2, -0.15) is 0 Å². The van der Waals surface area contributed by atoms with Crippen molar-refractivity contribution in [1.82, 2.24) is 0 Å². The lowest BCUT2D eigenvalue weighted by molar-refractivity contribution is -0.116. The number of rotatable bonds is 5. The van der Waals surface area contributed by atoms with Gasteiger partial charge in [0.15, 0.2) is 0 Å². The summed E-state index contributed by atoms with van der Waals surface area (Å²) in [5.41, 5.74) is 0.750. The predicted octanol–water partition coefficient (Wildman–Crippen LogP) is 4.44. The predicted molar refractivity (Wildman–Crippen MR) is 103 cm³/mol. The minimum absolute atomic E-state index is 0.193. The molecular formula is C16H15Cl3N2O3S. The van der Waals surface area contributed by atoms with E-state index in [1.807, 2.05) is 0 Å². The highest BCUT2D eigenvalue weighted by atomic mass is 35.5. The maximum Gasteiger partial charge on any atom is 0.247 e. The molecule has 0 aromatic heterocycles. The number of anilines is 2. The zero-order valence-corrected chi connectivity index (χ0v) is 16.4. The highest BCUT2D eigenvalue weighted by Gasteiger charge is 2.29. The van der Waals surface area contributed by atoms with Gasteiger partial charge in [-0.25, -0.2) is 8.42 Å². The van der Waals surface area contributed by atoms with Crippen molar-refractivity contribution < 1.29 is 13.2 Å². The maximum absolute atomic E-state index is 12.5. The van der Waals surface area contributed by atoms with E-state index in [2.05, 4.69) is 5.32 Å². The van der Waals surface area contributed by atoms with Gasteiger partial charge in [0.1, 0.15) is 6.04 Å². The summed E-state index contributed by atoms with van der Waals surface area (Å²) >= 11 is 17.6. The molecule has 0 spiro atoms. The molecule has 0 aliphatic rings. The fourth-order valence-electron chi connectivity index (χ4n) is 2.21. The summed E-state index contributed by atoms with van der Waals surface area (Å²) in [6.07, 6.45) is 1.02. The molecule has 5 nitrogen and oxygen atoms in total. The minimum Gasteiger partial charge on any atom is -0.324 e. The molecule has 0 aliphatic carbocycles. The van der Waals surface area contributed by atoms with Gasteiger partial charge in [-0.05, 0) is 49.4 Å². The normalized spacial score (nSPS) is 12.5. The van der Waals surface area contributed by atoms with Gasteiger partial charge in [-0.3, -0.25) is 9.10 Å². The SMILES string of the molecule is CC(C(=O)Nc1ccc(Cl)cc1)N(c1ccc(Cl)c(Cl)c1)S(C)(=O)=O. The van der Waals surface area contributed by atoms with Crippen LogP contribution in [-0.4, -0.2) is 26.6 Å². The van der Waals surface area contributed by atoms with E-state index >= 15 is 0 Å². The molecule has 134 valence electrons. The van der Waals surface area contributed by atoms with Gasteiger partial charge in [0, 0.05) is 10.7 Å². The number of halogens is 3. The second-order valence-electron chi connectivity index (χ2n) is 5.33. The van der Waals surface area contributed by atoms with Gasteiger partial charge in [0.05, 0.1) is 22.0 Å². The van der Waals surface area contributed by atoms with Crippen LogP contribution in [-0.2, 0) is 14.8 Å². The molecule has 1 atom stereocenters. The van der Waals surface area contributed by atoms with E-state index in [4.69, 9.17) is 34.8 Å². The summed E-state index contributed by atoms with van der Waals surface area (Å²) in [6, 6.07) is 9.83. The Labute approximate surface area is 161 Å². The zero-order valence-electron chi connectivity index (χ0n) is 13.3. The molecular weight excluding hydrogens is 407 g/mol. The Morgan fingerprint density at radius 2 is 1.64 bits per heavy atom. The first-order valence-corrected chi connectivity index (χ1v) is 10.1. The van der Waals surface area contributed by atoms with E-state index in [0.29, 0.717) is 10.7 Å². The Morgan fingerprint density at radius 1 is 1.04 bits per heavy atom. The maximum atomic E-state index is 12.5. The standard InChI is InChI=1S/C16H15Cl3N2O3S/c1-10(16(22)20-12-5-3-11(17)4-6-12)21(25(2,23)24)13-7-8-14(18)15(19)9-13/h3-10H,1-2H3,(H,20,22). The first-order chi connectivity index (χ1) is 11.6. The Morgan fingerprint density at radius 3 is 2.16 bits per heavy atom. The van der Waals surface area contributed by atoms with Crippen LogP contribution in [0.4, 0.5) is 11.4 Å². The molecule has 2 aromatic carbocycles. The molecule has 0 aliphatic heterocycles. The fourth-order valence-corrected chi connectivity index (χ4v) is 3.80. The molecule has 25 heavy (non-hydrogen) atoms. The Balaban J connectivity index is 2.32. The summed E-state index contributed by atoms with van der Waals surface area (Å²) < 4.78 is 25.4. The molecule has 1 N–H and O–H groups in total. The van der Waals surface area contributed by atoms with Crippen molar-refractivity contribution in [1.29, 1.82) is 0 Å². The van der Waals surface area contributed by atoms with Gasteiger partial charge in [0.25, 0.3) is 0 Å². The summed E-state index contributed by atoms with van der Waals surface area (Å²) in [6.45, 7) is 1.48. The number of carbonyl (C=O) groups is 1. The van der Waals surface area contributed by atoms with Crippen molar-refractivity contribution in [3.63, 3.8) is 0 Å². The number of amides is 1. The molecule has 0 bridgehead atoms. The number of hydrogen-bond donors (Lipinski definition) is 1. The van der Waals surface area contributed by atoms with Crippen LogP contribution in [0.2, 0.25) is 15.1 Å². The Hall–Kier alpha value is -1.47. The first kappa shape index (κ1) is 19.8. The van der Waals surface area contributed by atoms with Gasteiger partial charge < -0.3 is 5.32 Å². The summed E-state index contributed by atoms with van der Waals surface area (Å²) in [5, 5.41) is 3.66. The van der Waals surface area contributed by atoms with Crippen LogP contribution in [0, 0.1) is 0 Å². The third kappa shape index (κ3) is 5.01. The van der Waals surface area contributed by atoms with Gasteiger partial charge in [0.2, 0.25) is 15.9 Å². The van der Waals surface area contributed by atoms with Crippen LogP contribution in [0.1, 0.15) is 6.92 Å².